The van der Waals surface area contributed by atoms with Gasteiger partial charge in [0.25, 0.3) is 0 Å². The molecular formula is C25H30N4O4S. The molecule has 0 fully saturated rings. The van der Waals surface area contributed by atoms with Crippen molar-refractivity contribution >= 4 is 29.3 Å². The van der Waals surface area contributed by atoms with E-state index in [1.54, 1.807) is 38.1 Å². The number of amides is 1. The van der Waals surface area contributed by atoms with Crippen LogP contribution in [0.25, 0.3) is 0 Å². The summed E-state index contributed by atoms with van der Waals surface area (Å²) in [7, 11) is 0. The molecule has 1 N–H and O–H groups in total. The molecule has 1 heterocycles. The Labute approximate surface area is 204 Å². The number of hydrogen-bond donors (Lipinski definition) is 1. The van der Waals surface area contributed by atoms with Crippen molar-refractivity contribution in [2.45, 2.75) is 59.0 Å². The molecule has 0 unspecified atom stereocenters. The molecule has 180 valence electrons. The Hall–Kier alpha value is -3.33. The van der Waals surface area contributed by atoms with Gasteiger partial charge in [-0.1, -0.05) is 36.0 Å². The predicted molar refractivity (Wildman–Crippen MR) is 132 cm³/mol. The molecule has 2 aromatic carbocycles. The van der Waals surface area contributed by atoms with Gasteiger partial charge in [0.05, 0.1) is 17.4 Å². The molecule has 0 aliphatic rings. The summed E-state index contributed by atoms with van der Waals surface area (Å²) in [5.41, 5.74) is 3.05. The number of benzene rings is 2. The molecule has 0 aliphatic carbocycles. The summed E-state index contributed by atoms with van der Waals surface area (Å²) in [5.74, 6) is 1.06. The van der Waals surface area contributed by atoms with Crippen LogP contribution in [-0.2, 0) is 22.7 Å². The van der Waals surface area contributed by atoms with Crippen LogP contribution >= 0.6 is 11.8 Å². The number of anilines is 1. The molecule has 34 heavy (non-hydrogen) atoms. The number of thioether (sulfide) groups is 1. The summed E-state index contributed by atoms with van der Waals surface area (Å²) < 4.78 is 13.2. The summed E-state index contributed by atoms with van der Waals surface area (Å²) in [6.07, 6.45) is -0.214. The third kappa shape index (κ3) is 6.60. The van der Waals surface area contributed by atoms with E-state index in [1.807, 2.05) is 43.5 Å². The largest absolute Gasteiger partial charge is 0.485 e. The first-order valence-electron chi connectivity index (χ1n) is 11.1. The zero-order valence-corrected chi connectivity index (χ0v) is 20.9. The molecule has 1 aromatic heterocycles. The number of carbonyl (C=O) groups excluding carboxylic acids is 2. The topological polar surface area (TPSA) is 95.3 Å². The monoisotopic (exact) mass is 482 g/mol. The van der Waals surface area contributed by atoms with Gasteiger partial charge in [0.2, 0.25) is 5.91 Å². The van der Waals surface area contributed by atoms with Crippen LogP contribution in [0.15, 0.2) is 47.6 Å². The lowest BCUT2D eigenvalue weighted by Crippen LogP contribution is -2.16. The van der Waals surface area contributed by atoms with E-state index in [1.165, 1.54) is 11.8 Å². The van der Waals surface area contributed by atoms with Crippen LogP contribution in [0, 0.1) is 13.8 Å². The van der Waals surface area contributed by atoms with Crippen molar-refractivity contribution in [1.82, 2.24) is 14.8 Å². The van der Waals surface area contributed by atoms with E-state index in [0.29, 0.717) is 35.4 Å². The van der Waals surface area contributed by atoms with Crippen molar-refractivity contribution < 1.29 is 19.1 Å². The van der Waals surface area contributed by atoms with Crippen LogP contribution in [-0.4, -0.2) is 38.5 Å². The Balaban J connectivity index is 1.59. The quantitative estimate of drug-likeness (QED) is 0.328. The molecular weight excluding hydrogens is 452 g/mol. The number of para-hydroxylation sites is 1. The maximum absolute atomic E-state index is 12.5. The molecule has 0 saturated carbocycles. The number of hydrogen-bond acceptors (Lipinski definition) is 7. The van der Waals surface area contributed by atoms with Gasteiger partial charge < -0.3 is 19.4 Å². The van der Waals surface area contributed by atoms with Crippen LogP contribution in [0.2, 0.25) is 0 Å². The van der Waals surface area contributed by atoms with Crippen molar-refractivity contribution in [3.05, 3.63) is 65.0 Å². The van der Waals surface area contributed by atoms with E-state index in [4.69, 9.17) is 9.47 Å². The van der Waals surface area contributed by atoms with Crippen molar-refractivity contribution in [3.8, 4) is 5.75 Å². The first-order valence-corrected chi connectivity index (χ1v) is 12.1. The Morgan fingerprint density at radius 2 is 1.79 bits per heavy atom. The Morgan fingerprint density at radius 1 is 1.09 bits per heavy atom. The normalized spacial score (nSPS) is 10.9. The maximum Gasteiger partial charge on any atom is 0.338 e. The number of aryl methyl sites for hydroxylation is 2. The second kappa shape index (κ2) is 11.7. The highest BCUT2D eigenvalue weighted by molar-refractivity contribution is 7.99. The molecule has 0 atom stereocenters. The number of esters is 1. The number of rotatable bonds is 10. The fraction of sp³-hybridized carbons (Fsp3) is 0.360. The van der Waals surface area contributed by atoms with Crippen molar-refractivity contribution in [1.29, 1.82) is 0 Å². The summed E-state index contributed by atoms with van der Waals surface area (Å²) in [5, 5.41) is 12.0. The molecule has 3 rings (SSSR count). The minimum absolute atomic E-state index is 0.149. The fourth-order valence-corrected chi connectivity index (χ4v) is 4.17. The van der Waals surface area contributed by atoms with Crippen molar-refractivity contribution in [2.75, 3.05) is 11.1 Å². The van der Waals surface area contributed by atoms with E-state index < -0.39 is 5.97 Å². The Bertz CT molecular complexity index is 1140. The standard InChI is InChI=1S/C25H30N4O4S/c1-6-29-21(14-32-23-17(4)9-7-10-18(23)5)27-28-25(29)34-15-22(30)26-20-12-8-11-19(13-20)24(31)33-16(2)3/h7-13,16H,6,14-15H2,1-5H3,(H,26,30). The van der Waals surface area contributed by atoms with Gasteiger partial charge >= 0.3 is 5.97 Å². The summed E-state index contributed by atoms with van der Waals surface area (Å²) >= 11 is 1.30. The number of nitrogens with zero attached hydrogens (tertiary/aromatic N) is 3. The number of nitrogens with one attached hydrogen (secondary N) is 1. The first-order chi connectivity index (χ1) is 16.3. The molecule has 0 saturated heterocycles. The van der Waals surface area contributed by atoms with Crippen LogP contribution < -0.4 is 10.1 Å². The molecule has 1 amide bonds. The van der Waals surface area contributed by atoms with E-state index in [0.717, 1.165) is 16.9 Å². The number of ether oxygens (including phenoxy) is 2. The number of carbonyl (C=O) groups is 2. The van der Waals surface area contributed by atoms with E-state index in [-0.39, 0.29) is 17.8 Å². The molecule has 0 bridgehead atoms. The second-order valence-electron chi connectivity index (χ2n) is 8.02. The minimum atomic E-state index is -0.424. The molecule has 0 radical (unpaired) electrons. The number of aromatic nitrogens is 3. The summed E-state index contributed by atoms with van der Waals surface area (Å²) in [6, 6.07) is 12.7. The van der Waals surface area contributed by atoms with Gasteiger partial charge in [-0.05, 0) is 63.9 Å². The smallest absolute Gasteiger partial charge is 0.338 e. The fourth-order valence-electron chi connectivity index (χ4n) is 3.35. The summed E-state index contributed by atoms with van der Waals surface area (Å²) in [6.45, 7) is 10.5. The Kier molecular flexibility index (Phi) is 8.70. The lowest BCUT2D eigenvalue weighted by molar-refractivity contribution is -0.113. The van der Waals surface area contributed by atoms with Crippen LogP contribution in [0.4, 0.5) is 5.69 Å². The van der Waals surface area contributed by atoms with Crippen molar-refractivity contribution in [2.24, 2.45) is 0 Å². The first kappa shape index (κ1) is 25.3. The predicted octanol–water partition coefficient (Wildman–Crippen LogP) is 4.79. The molecule has 9 heteroatoms. The third-order valence-electron chi connectivity index (χ3n) is 4.92. The van der Waals surface area contributed by atoms with Gasteiger partial charge in [-0.25, -0.2) is 4.79 Å². The van der Waals surface area contributed by atoms with Gasteiger partial charge in [-0.2, -0.15) is 0 Å². The highest BCUT2D eigenvalue weighted by Crippen LogP contribution is 2.24. The van der Waals surface area contributed by atoms with Gasteiger partial charge in [-0.15, -0.1) is 10.2 Å². The maximum atomic E-state index is 12.5. The van der Waals surface area contributed by atoms with Gasteiger partial charge in [0.15, 0.2) is 11.0 Å². The van der Waals surface area contributed by atoms with Crippen molar-refractivity contribution in [3.63, 3.8) is 0 Å². The third-order valence-corrected chi connectivity index (χ3v) is 5.89. The Morgan fingerprint density at radius 3 is 2.47 bits per heavy atom. The highest BCUT2D eigenvalue weighted by atomic mass is 32.2. The molecule has 0 aliphatic heterocycles. The second-order valence-corrected chi connectivity index (χ2v) is 8.97. The van der Waals surface area contributed by atoms with Gasteiger partial charge in [0.1, 0.15) is 12.4 Å². The van der Waals surface area contributed by atoms with E-state index in [2.05, 4.69) is 15.5 Å². The summed E-state index contributed by atoms with van der Waals surface area (Å²) in [4.78, 5) is 24.6. The SMILES string of the molecule is CCn1c(COc2c(C)cccc2C)nnc1SCC(=O)Nc1cccc(C(=O)OC(C)C)c1. The molecule has 3 aromatic rings. The lowest BCUT2D eigenvalue weighted by Gasteiger charge is -2.12. The average molecular weight is 483 g/mol. The highest BCUT2D eigenvalue weighted by Gasteiger charge is 2.15. The molecule has 0 spiro atoms. The van der Waals surface area contributed by atoms with Gasteiger partial charge in [0, 0.05) is 12.2 Å². The molecule has 8 nitrogen and oxygen atoms in total. The van der Waals surface area contributed by atoms with Gasteiger partial charge in [-0.3, -0.25) is 4.79 Å². The lowest BCUT2D eigenvalue weighted by atomic mass is 10.1. The van der Waals surface area contributed by atoms with E-state index >= 15 is 0 Å². The average Bonchev–Trinajstić information content (AvgIpc) is 3.19. The van der Waals surface area contributed by atoms with Crippen LogP contribution in [0.1, 0.15) is 48.1 Å². The van der Waals surface area contributed by atoms with Crippen LogP contribution in [0.3, 0.4) is 0 Å². The van der Waals surface area contributed by atoms with E-state index in [9.17, 15) is 9.59 Å². The zero-order chi connectivity index (χ0) is 24.7. The zero-order valence-electron chi connectivity index (χ0n) is 20.1. The van der Waals surface area contributed by atoms with Crippen LogP contribution in [0.5, 0.6) is 5.75 Å². The minimum Gasteiger partial charge on any atom is -0.485 e.